The lowest BCUT2D eigenvalue weighted by Gasteiger charge is -2.18. The largest absolute Gasteiger partial charge is 0.482 e. The van der Waals surface area contributed by atoms with Gasteiger partial charge in [0, 0.05) is 5.56 Å². The quantitative estimate of drug-likeness (QED) is 0.449. The van der Waals surface area contributed by atoms with Crippen molar-refractivity contribution in [2.45, 2.75) is 10.1 Å². The number of fused-ring (bicyclic) bond motifs is 1. The van der Waals surface area contributed by atoms with E-state index in [9.17, 15) is 14.9 Å². The standard InChI is InChI=1S/C16H13N5O3S2/c1-25-14-9(5-17)15(21-16(18)20-14)26-7-11(22)8-2-3-12-10(4-8)19-13(23)6-24-12/h2-4H,6-7H2,1H3,(H,19,23)(H2,18,20,21). The number of carbonyl (C=O) groups is 2. The van der Waals surface area contributed by atoms with Crippen LogP contribution in [0.4, 0.5) is 11.6 Å². The number of nitrogens with two attached hydrogens (primary N) is 1. The second-order valence-electron chi connectivity index (χ2n) is 5.14. The number of hydrogen-bond donors (Lipinski definition) is 2. The van der Waals surface area contributed by atoms with E-state index >= 15 is 0 Å². The molecule has 0 radical (unpaired) electrons. The maximum Gasteiger partial charge on any atom is 0.262 e. The number of ketones is 1. The summed E-state index contributed by atoms with van der Waals surface area (Å²) in [6.45, 7) is -0.0417. The molecule has 0 fully saturated rings. The number of carbonyl (C=O) groups excluding carboxylic acids is 2. The van der Waals surface area contributed by atoms with Gasteiger partial charge in [-0.25, -0.2) is 9.97 Å². The van der Waals surface area contributed by atoms with Gasteiger partial charge in [0.1, 0.15) is 27.4 Å². The van der Waals surface area contributed by atoms with Crippen molar-refractivity contribution in [1.82, 2.24) is 9.97 Å². The normalized spacial score (nSPS) is 12.5. The molecule has 0 bridgehead atoms. The Balaban J connectivity index is 1.78. The third-order valence-electron chi connectivity index (χ3n) is 3.44. The van der Waals surface area contributed by atoms with E-state index in [2.05, 4.69) is 21.4 Å². The number of amides is 1. The fourth-order valence-corrected chi connectivity index (χ4v) is 3.73. The van der Waals surface area contributed by atoms with E-state index in [1.54, 1.807) is 24.5 Å². The number of hydrogen-bond acceptors (Lipinski definition) is 9. The molecule has 0 aliphatic carbocycles. The summed E-state index contributed by atoms with van der Waals surface area (Å²) in [5, 5.41) is 12.8. The smallest absolute Gasteiger partial charge is 0.262 e. The van der Waals surface area contributed by atoms with Crippen LogP contribution in [-0.2, 0) is 4.79 Å². The third kappa shape index (κ3) is 3.74. The Morgan fingerprint density at radius 2 is 2.19 bits per heavy atom. The van der Waals surface area contributed by atoms with E-state index in [1.165, 1.54) is 11.8 Å². The first kappa shape index (κ1) is 18.0. The molecule has 10 heteroatoms. The lowest BCUT2D eigenvalue weighted by molar-refractivity contribution is -0.118. The first-order valence-electron chi connectivity index (χ1n) is 7.36. The number of rotatable bonds is 5. The van der Waals surface area contributed by atoms with Crippen LogP contribution in [0.2, 0.25) is 0 Å². The van der Waals surface area contributed by atoms with Crippen LogP contribution < -0.4 is 15.8 Å². The zero-order chi connectivity index (χ0) is 18.7. The maximum atomic E-state index is 12.5. The molecule has 3 N–H and O–H groups in total. The highest BCUT2D eigenvalue weighted by atomic mass is 32.2. The molecule has 0 atom stereocenters. The molecule has 26 heavy (non-hydrogen) atoms. The predicted octanol–water partition coefficient (Wildman–Crippen LogP) is 1.96. The number of ether oxygens (including phenoxy) is 1. The molecule has 1 amide bonds. The highest BCUT2D eigenvalue weighted by Gasteiger charge is 2.19. The summed E-state index contributed by atoms with van der Waals surface area (Å²) in [5.74, 6) is 0.193. The van der Waals surface area contributed by atoms with E-state index in [4.69, 9.17) is 10.5 Å². The molecule has 1 aliphatic rings. The highest BCUT2D eigenvalue weighted by Crippen LogP contribution is 2.31. The molecule has 8 nitrogen and oxygen atoms in total. The molecule has 0 spiro atoms. The summed E-state index contributed by atoms with van der Waals surface area (Å²) in [6.07, 6.45) is 1.78. The minimum Gasteiger partial charge on any atom is -0.482 e. The van der Waals surface area contributed by atoms with Crippen molar-refractivity contribution in [3.63, 3.8) is 0 Å². The first-order valence-corrected chi connectivity index (χ1v) is 9.57. The number of nitrogen functional groups attached to an aromatic ring is 1. The Bertz CT molecular complexity index is 942. The van der Waals surface area contributed by atoms with Gasteiger partial charge < -0.3 is 15.8 Å². The van der Waals surface area contributed by atoms with Crippen molar-refractivity contribution in [2.24, 2.45) is 0 Å². The molecular formula is C16H13N5O3S2. The van der Waals surface area contributed by atoms with E-state index in [0.29, 0.717) is 32.6 Å². The van der Waals surface area contributed by atoms with Crippen molar-refractivity contribution in [3.8, 4) is 11.8 Å². The third-order valence-corrected chi connectivity index (χ3v) is 5.10. The number of aromatic nitrogens is 2. The van der Waals surface area contributed by atoms with Gasteiger partial charge in [-0.1, -0.05) is 11.8 Å². The Labute approximate surface area is 157 Å². The fraction of sp³-hybridized carbons (Fsp3) is 0.188. The van der Waals surface area contributed by atoms with Gasteiger partial charge in [0.15, 0.2) is 12.4 Å². The van der Waals surface area contributed by atoms with Crippen LogP contribution in [0.25, 0.3) is 0 Å². The lowest BCUT2D eigenvalue weighted by Crippen LogP contribution is -2.25. The number of benzene rings is 1. The van der Waals surface area contributed by atoms with Crippen LogP contribution in [-0.4, -0.2) is 40.3 Å². The average molecular weight is 387 g/mol. The van der Waals surface area contributed by atoms with Gasteiger partial charge in [0.05, 0.1) is 11.4 Å². The van der Waals surface area contributed by atoms with Gasteiger partial charge in [-0.3, -0.25) is 9.59 Å². The average Bonchev–Trinajstić information content (AvgIpc) is 2.64. The van der Waals surface area contributed by atoms with Gasteiger partial charge in [-0.05, 0) is 24.5 Å². The van der Waals surface area contributed by atoms with Gasteiger partial charge in [-0.2, -0.15) is 5.26 Å². The minimum atomic E-state index is -0.267. The lowest BCUT2D eigenvalue weighted by atomic mass is 10.1. The van der Waals surface area contributed by atoms with E-state index in [0.717, 1.165) is 11.8 Å². The number of nitrogens with zero attached hydrogens (tertiary/aromatic N) is 3. The van der Waals surface area contributed by atoms with E-state index in [-0.39, 0.29) is 30.0 Å². The zero-order valence-electron chi connectivity index (χ0n) is 13.6. The van der Waals surface area contributed by atoms with Crippen LogP contribution in [0.3, 0.4) is 0 Å². The van der Waals surface area contributed by atoms with E-state index in [1.807, 2.05) is 0 Å². The Morgan fingerprint density at radius 3 is 2.92 bits per heavy atom. The summed E-state index contributed by atoms with van der Waals surface area (Å²) in [5.41, 5.74) is 6.86. The molecule has 0 saturated heterocycles. The summed E-state index contributed by atoms with van der Waals surface area (Å²) in [6, 6.07) is 6.90. The molecule has 132 valence electrons. The van der Waals surface area contributed by atoms with Crippen molar-refractivity contribution in [2.75, 3.05) is 29.7 Å². The first-order chi connectivity index (χ1) is 12.5. The Hall–Kier alpha value is -2.77. The number of nitriles is 1. The SMILES string of the molecule is CSc1nc(N)nc(SCC(=O)c2ccc3c(c2)NC(=O)CO3)c1C#N. The minimum absolute atomic E-state index is 0.0417. The monoisotopic (exact) mass is 387 g/mol. The van der Waals surface area contributed by atoms with E-state index < -0.39 is 0 Å². The van der Waals surface area contributed by atoms with Crippen LogP contribution >= 0.6 is 23.5 Å². The highest BCUT2D eigenvalue weighted by molar-refractivity contribution is 8.00. The van der Waals surface area contributed by atoms with Crippen molar-refractivity contribution in [3.05, 3.63) is 29.3 Å². The molecule has 1 aliphatic heterocycles. The van der Waals surface area contributed by atoms with Gasteiger partial charge in [-0.15, -0.1) is 11.8 Å². The molecule has 1 aromatic carbocycles. The molecule has 2 aromatic rings. The van der Waals surface area contributed by atoms with Gasteiger partial charge in [0.2, 0.25) is 5.95 Å². The van der Waals surface area contributed by atoms with Gasteiger partial charge in [0.25, 0.3) is 5.91 Å². The van der Waals surface area contributed by atoms with Crippen LogP contribution in [0.15, 0.2) is 28.3 Å². The van der Waals surface area contributed by atoms with Crippen molar-refractivity contribution < 1.29 is 14.3 Å². The summed E-state index contributed by atoms with van der Waals surface area (Å²) < 4.78 is 5.27. The Kier molecular flexibility index (Phi) is 5.29. The molecule has 3 rings (SSSR count). The second-order valence-corrected chi connectivity index (χ2v) is 6.90. The molecule has 2 heterocycles. The molecular weight excluding hydrogens is 374 g/mol. The summed E-state index contributed by atoms with van der Waals surface area (Å²) in [7, 11) is 0. The summed E-state index contributed by atoms with van der Waals surface area (Å²) in [4.78, 5) is 32.0. The van der Waals surface area contributed by atoms with Crippen LogP contribution in [0, 0.1) is 11.3 Å². The zero-order valence-corrected chi connectivity index (χ0v) is 15.2. The maximum absolute atomic E-state index is 12.5. The number of Topliss-reactive ketones (excluding diaryl/α,β-unsaturated/α-hetero) is 1. The topological polar surface area (TPSA) is 131 Å². The van der Waals surface area contributed by atoms with Crippen LogP contribution in [0.5, 0.6) is 5.75 Å². The number of thioether (sulfide) groups is 2. The van der Waals surface area contributed by atoms with Crippen LogP contribution in [0.1, 0.15) is 15.9 Å². The summed E-state index contributed by atoms with van der Waals surface area (Å²) >= 11 is 2.41. The van der Waals surface area contributed by atoms with Gasteiger partial charge >= 0.3 is 0 Å². The van der Waals surface area contributed by atoms with Crippen molar-refractivity contribution >= 4 is 46.8 Å². The number of nitrogens with one attached hydrogen (secondary N) is 1. The number of anilines is 2. The fourth-order valence-electron chi connectivity index (χ4n) is 2.26. The molecule has 0 saturated carbocycles. The van der Waals surface area contributed by atoms with Crippen molar-refractivity contribution in [1.29, 1.82) is 5.26 Å². The molecule has 0 unspecified atom stereocenters. The second kappa shape index (κ2) is 7.63. The Morgan fingerprint density at radius 1 is 1.42 bits per heavy atom. The predicted molar refractivity (Wildman–Crippen MR) is 98.6 cm³/mol. The molecule has 1 aromatic heterocycles.